The van der Waals surface area contributed by atoms with E-state index in [1.807, 2.05) is 45.0 Å². The van der Waals surface area contributed by atoms with E-state index in [-0.39, 0.29) is 23.0 Å². The molecule has 1 aliphatic rings. The number of nitrogens with one attached hydrogen (secondary N) is 1. The number of carbonyl (C=O) groups is 1. The Morgan fingerprint density at radius 3 is 2.57 bits per heavy atom. The summed E-state index contributed by atoms with van der Waals surface area (Å²) < 4.78 is 33.2. The van der Waals surface area contributed by atoms with Crippen LogP contribution in [0.4, 0.5) is 5.82 Å². The van der Waals surface area contributed by atoms with E-state index in [2.05, 4.69) is 10.3 Å². The zero-order chi connectivity index (χ0) is 21.9. The summed E-state index contributed by atoms with van der Waals surface area (Å²) >= 11 is 0. The summed E-state index contributed by atoms with van der Waals surface area (Å²) in [6.45, 7) is 4.60. The summed E-state index contributed by atoms with van der Waals surface area (Å²) in [7, 11) is 0.0843. The van der Waals surface area contributed by atoms with E-state index < -0.39 is 10.0 Å². The number of morpholine rings is 1. The van der Waals surface area contributed by atoms with E-state index in [9.17, 15) is 13.2 Å². The van der Waals surface area contributed by atoms with Crippen molar-refractivity contribution in [3.05, 3.63) is 53.7 Å². The molecule has 30 heavy (non-hydrogen) atoms. The largest absolute Gasteiger partial charge is 0.373 e. The quantitative estimate of drug-likeness (QED) is 0.749. The monoisotopic (exact) mass is 432 g/mol. The Hall–Kier alpha value is -2.49. The Bertz CT molecular complexity index is 1000. The number of sulfonamides is 1. The van der Waals surface area contributed by atoms with Crippen LogP contribution in [-0.2, 0) is 21.3 Å². The van der Waals surface area contributed by atoms with Crippen LogP contribution in [0.15, 0.2) is 47.5 Å². The van der Waals surface area contributed by atoms with Gasteiger partial charge in [0.25, 0.3) is 5.91 Å². The van der Waals surface area contributed by atoms with E-state index in [0.717, 1.165) is 11.4 Å². The second-order valence-electron chi connectivity index (χ2n) is 7.71. The molecule has 1 N–H and O–H groups in total. The highest BCUT2D eigenvalue weighted by molar-refractivity contribution is 7.89. The van der Waals surface area contributed by atoms with Crippen LogP contribution in [0, 0.1) is 0 Å². The van der Waals surface area contributed by atoms with Crippen molar-refractivity contribution in [2.75, 3.05) is 32.1 Å². The molecular formula is C21H28N4O4S. The van der Waals surface area contributed by atoms with Crippen LogP contribution < -0.4 is 10.2 Å². The van der Waals surface area contributed by atoms with Crippen LogP contribution in [0.5, 0.6) is 0 Å². The first-order valence-corrected chi connectivity index (χ1v) is 11.3. The number of rotatable bonds is 6. The molecule has 0 spiro atoms. The SMILES string of the molecule is CC1CN(S(=O)(=O)c2cccc(C(=O)NCc3ccnc(N(C)C)c3)c2)CC(C)O1. The van der Waals surface area contributed by atoms with Crippen molar-refractivity contribution in [2.45, 2.75) is 37.5 Å². The van der Waals surface area contributed by atoms with E-state index in [4.69, 9.17) is 4.74 Å². The minimum atomic E-state index is -3.71. The van der Waals surface area contributed by atoms with Gasteiger partial charge in [0.1, 0.15) is 5.82 Å². The number of ether oxygens (including phenoxy) is 1. The van der Waals surface area contributed by atoms with Gasteiger partial charge in [0.2, 0.25) is 10.0 Å². The lowest BCUT2D eigenvalue weighted by Crippen LogP contribution is -2.48. The highest BCUT2D eigenvalue weighted by atomic mass is 32.2. The van der Waals surface area contributed by atoms with Crippen LogP contribution in [0.2, 0.25) is 0 Å². The highest BCUT2D eigenvalue weighted by Crippen LogP contribution is 2.22. The Morgan fingerprint density at radius 2 is 1.90 bits per heavy atom. The van der Waals surface area contributed by atoms with Gasteiger partial charge in [-0.05, 0) is 49.7 Å². The van der Waals surface area contributed by atoms with Gasteiger partial charge in [-0.1, -0.05) is 6.07 Å². The summed E-state index contributed by atoms with van der Waals surface area (Å²) in [5, 5.41) is 2.84. The number of aromatic nitrogens is 1. The molecule has 1 aliphatic heterocycles. The van der Waals surface area contributed by atoms with E-state index >= 15 is 0 Å². The average molecular weight is 433 g/mol. The molecule has 1 aromatic heterocycles. The second kappa shape index (κ2) is 9.11. The maximum Gasteiger partial charge on any atom is 0.251 e. The fourth-order valence-electron chi connectivity index (χ4n) is 3.37. The van der Waals surface area contributed by atoms with Gasteiger partial charge < -0.3 is 15.0 Å². The fourth-order valence-corrected chi connectivity index (χ4v) is 5.01. The molecule has 2 heterocycles. The van der Waals surface area contributed by atoms with E-state index in [1.165, 1.54) is 16.4 Å². The summed E-state index contributed by atoms with van der Waals surface area (Å²) in [6.07, 6.45) is 1.33. The predicted molar refractivity (Wildman–Crippen MR) is 115 cm³/mol. The number of hydrogen-bond acceptors (Lipinski definition) is 6. The molecule has 2 aromatic rings. The highest BCUT2D eigenvalue weighted by Gasteiger charge is 2.32. The molecule has 1 aromatic carbocycles. The van der Waals surface area contributed by atoms with Crippen LogP contribution in [0.25, 0.3) is 0 Å². The number of pyridine rings is 1. The molecule has 2 unspecified atom stereocenters. The van der Waals surface area contributed by atoms with Gasteiger partial charge in [-0.3, -0.25) is 4.79 Å². The van der Waals surface area contributed by atoms with Crippen molar-refractivity contribution < 1.29 is 17.9 Å². The molecule has 162 valence electrons. The minimum absolute atomic E-state index is 0.107. The number of hydrogen-bond donors (Lipinski definition) is 1. The van der Waals surface area contributed by atoms with Gasteiger partial charge in [-0.25, -0.2) is 13.4 Å². The van der Waals surface area contributed by atoms with Crippen molar-refractivity contribution in [3.8, 4) is 0 Å². The van der Waals surface area contributed by atoms with Gasteiger partial charge in [-0.2, -0.15) is 4.31 Å². The van der Waals surface area contributed by atoms with Crippen LogP contribution in [0.1, 0.15) is 29.8 Å². The lowest BCUT2D eigenvalue weighted by Gasteiger charge is -2.34. The molecule has 1 fully saturated rings. The molecular weight excluding hydrogens is 404 g/mol. The van der Waals surface area contributed by atoms with Crippen molar-refractivity contribution in [2.24, 2.45) is 0 Å². The molecule has 0 radical (unpaired) electrons. The number of nitrogens with zero attached hydrogens (tertiary/aromatic N) is 3. The smallest absolute Gasteiger partial charge is 0.251 e. The first-order chi connectivity index (χ1) is 14.2. The van der Waals surface area contributed by atoms with E-state index in [0.29, 0.717) is 25.2 Å². The summed E-state index contributed by atoms with van der Waals surface area (Å²) in [4.78, 5) is 18.9. The van der Waals surface area contributed by atoms with Gasteiger partial charge in [0.15, 0.2) is 0 Å². The first kappa shape index (κ1) is 22.2. The number of carbonyl (C=O) groups excluding carboxylic acids is 1. The van der Waals surface area contributed by atoms with Crippen LogP contribution in [0.3, 0.4) is 0 Å². The standard InChI is InChI=1S/C21H28N4O4S/c1-15-13-25(14-16(2)29-15)30(27,28)19-7-5-6-18(11-19)21(26)23-12-17-8-9-22-20(10-17)24(3)4/h5-11,15-16H,12-14H2,1-4H3,(H,23,26). The molecule has 8 nitrogen and oxygen atoms in total. The maximum absolute atomic E-state index is 13.1. The molecule has 0 aliphatic carbocycles. The van der Waals surface area contributed by atoms with Crippen molar-refractivity contribution in [3.63, 3.8) is 0 Å². The zero-order valence-corrected chi connectivity index (χ0v) is 18.5. The number of amides is 1. The maximum atomic E-state index is 13.1. The lowest BCUT2D eigenvalue weighted by molar-refractivity contribution is -0.0440. The summed E-state index contributed by atoms with van der Waals surface area (Å²) in [5.74, 6) is 0.461. The third kappa shape index (κ3) is 5.16. The fraction of sp³-hybridized carbons (Fsp3) is 0.429. The van der Waals surface area contributed by atoms with E-state index in [1.54, 1.807) is 18.3 Å². The molecule has 0 saturated carbocycles. The molecule has 1 saturated heterocycles. The van der Waals surface area contributed by atoms with Gasteiger partial charge >= 0.3 is 0 Å². The third-order valence-electron chi connectivity index (χ3n) is 4.84. The van der Waals surface area contributed by atoms with Crippen molar-refractivity contribution in [1.82, 2.24) is 14.6 Å². The number of benzene rings is 1. The molecule has 3 rings (SSSR count). The topological polar surface area (TPSA) is 91.8 Å². The lowest BCUT2D eigenvalue weighted by atomic mass is 10.2. The molecule has 2 atom stereocenters. The van der Waals surface area contributed by atoms with Crippen LogP contribution >= 0.6 is 0 Å². The molecule has 0 bridgehead atoms. The Morgan fingerprint density at radius 1 is 1.20 bits per heavy atom. The Balaban J connectivity index is 1.73. The minimum Gasteiger partial charge on any atom is -0.373 e. The average Bonchev–Trinajstić information content (AvgIpc) is 2.71. The number of anilines is 1. The van der Waals surface area contributed by atoms with Gasteiger partial charge in [-0.15, -0.1) is 0 Å². The Labute approximate surface area is 177 Å². The predicted octanol–water partition coefficient (Wildman–Crippen LogP) is 1.88. The van der Waals surface area contributed by atoms with Crippen molar-refractivity contribution >= 4 is 21.7 Å². The molecule has 1 amide bonds. The summed E-state index contributed by atoms with van der Waals surface area (Å²) in [6, 6.07) is 9.86. The first-order valence-electron chi connectivity index (χ1n) is 9.83. The Kier molecular flexibility index (Phi) is 6.74. The summed E-state index contributed by atoms with van der Waals surface area (Å²) in [5.41, 5.74) is 1.20. The second-order valence-corrected chi connectivity index (χ2v) is 9.64. The van der Waals surface area contributed by atoms with Crippen molar-refractivity contribution in [1.29, 1.82) is 0 Å². The normalized spacial score (nSPS) is 20.0. The van der Waals surface area contributed by atoms with Gasteiger partial charge in [0.05, 0.1) is 17.1 Å². The third-order valence-corrected chi connectivity index (χ3v) is 6.67. The molecule has 9 heteroatoms. The van der Waals surface area contributed by atoms with Gasteiger partial charge in [0, 0.05) is 45.5 Å². The van der Waals surface area contributed by atoms with Crippen LogP contribution in [-0.4, -0.2) is 63.0 Å². The zero-order valence-electron chi connectivity index (χ0n) is 17.7.